The zero-order valence-corrected chi connectivity index (χ0v) is 7.38. The van der Waals surface area contributed by atoms with Crippen LogP contribution in [0.15, 0.2) is 11.6 Å². The van der Waals surface area contributed by atoms with Crippen molar-refractivity contribution in [1.82, 2.24) is 0 Å². The number of ether oxygens (including phenoxy) is 1. The average molecular weight is 166 g/mol. The molecule has 3 saturated carbocycles. The minimum absolute atomic E-state index is 0.153. The molecule has 0 aromatic heterocycles. The standard InChI is InChI=1S/C10H14O2/c1-2-12-10(11)6-9-5-7-3-8(9)4-7/h6-8H,2-5H2,1H3/b9-6-. The number of rotatable bonds is 2. The topological polar surface area (TPSA) is 26.3 Å². The van der Waals surface area contributed by atoms with Crippen molar-refractivity contribution in [2.45, 2.75) is 26.2 Å². The van der Waals surface area contributed by atoms with Gasteiger partial charge in [-0.25, -0.2) is 4.79 Å². The van der Waals surface area contributed by atoms with Gasteiger partial charge in [-0.05, 0) is 38.0 Å². The van der Waals surface area contributed by atoms with Crippen LogP contribution in [0.1, 0.15) is 26.2 Å². The normalized spacial score (nSPS) is 34.9. The van der Waals surface area contributed by atoms with Crippen LogP contribution in [0, 0.1) is 11.8 Å². The Balaban J connectivity index is 1.95. The predicted molar refractivity (Wildman–Crippen MR) is 45.5 cm³/mol. The van der Waals surface area contributed by atoms with Crippen molar-refractivity contribution in [3.05, 3.63) is 11.6 Å². The van der Waals surface area contributed by atoms with Gasteiger partial charge in [0.25, 0.3) is 0 Å². The number of fused-ring (bicyclic) bond motifs is 1. The fourth-order valence-corrected chi connectivity index (χ4v) is 2.22. The van der Waals surface area contributed by atoms with Gasteiger partial charge in [-0.1, -0.05) is 5.57 Å². The number of hydrogen-bond acceptors (Lipinski definition) is 2. The van der Waals surface area contributed by atoms with E-state index in [9.17, 15) is 4.79 Å². The van der Waals surface area contributed by atoms with Crippen LogP contribution in [0.2, 0.25) is 0 Å². The molecule has 3 rings (SSSR count). The van der Waals surface area contributed by atoms with Gasteiger partial charge in [0.15, 0.2) is 0 Å². The second kappa shape index (κ2) is 2.92. The molecule has 0 unspecified atom stereocenters. The summed E-state index contributed by atoms with van der Waals surface area (Å²) >= 11 is 0. The van der Waals surface area contributed by atoms with Crippen molar-refractivity contribution in [3.8, 4) is 0 Å². The van der Waals surface area contributed by atoms with Crippen molar-refractivity contribution in [2.75, 3.05) is 6.61 Å². The molecule has 0 N–H and O–H groups in total. The highest BCUT2D eigenvalue weighted by Gasteiger charge is 2.40. The van der Waals surface area contributed by atoms with Crippen molar-refractivity contribution in [3.63, 3.8) is 0 Å². The number of carbonyl (C=O) groups is 1. The van der Waals surface area contributed by atoms with Crippen LogP contribution in [-0.2, 0) is 9.53 Å². The summed E-state index contributed by atoms with van der Waals surface area (Å²) in [4.78, 5) is 11.1. The lowest BCUT2D eigenvalue weighted by molar-refractivity contribution is -0.137. The average Bonchev–Trinajstić information content (AvgIpc) is 2.43. The summed E-state index contributed by atoms with van der Waals surface area (Å²) in [7, 11) is 0. The van der Waals surface area contributed by atoms with E-state index in [1.165, 1.54) is 18.4 Å². The van der Waals surface area contributed by atoms with Crippen molar-refractivity contribution in [2.24, 2.45) is 11.8 Å². The molecular formula is C10H14O2. The van der Waals surface area contributed by atoms with Crippen LogP contribution < -0.4 is 0 Å². The van der Waals surface area contributed by atoms with Crippen LogP contribution in [0.5, 0.6) is 0 Å². The molecule has 3 aliphatic carbocycles. The maximum Gasteiger partial charge on any atom is 0.330 e. The highest BCUT2D eigenvalue weighted by Crippen LogP contribution is 2.51. The summed E-state index contributed by atoms with van der Waals surface area (Å²) in [6.07, 6.45) is 5.47. The Morgan fingerprint density at radius 1 is 1.67 bits per heavy atom. The Labute approximate surface area is 72.6 Å². The number of carbonyl (C=O) groups excluding carboxylic acids is 1. The van der Waals surface area contributed by atoms with E-state index in [4.69, 9.17) is 4.74 Å². The molecule has 66 valence electrons. The van der Waals surface area contributed by atoms with Gasteiger partial charge in [0.1, 0.15) is 0 Å². The summed E-state index contributed by atoms with van der Waals surface area (Å²) in [5.41, 5.74) is 1.33. The molecule has 2 bridgehead atoms. The monoisotopic (exact) mass is 166 g/mol. The molecule has 3 aliphatic rings. The van der Waals surface area contributed by atoms with Crippen LogP contribution in [0.4, 0.5) is 0 Å². The number of allylic oxidation sites excluding steroid dienone is 1. The lowest BCUT2D eigenvalue weighted by Gasteiger charge is -2.21. The summed E-state index contributed by atoms with van der Waals surface area (Å²) < 4.78 is 4.86. The van der Waals surface area contributed by atoms with E-state index in [0.29, 0.717) is 6.61 Å². The van der Waals surface area contributed by atoms with Gasteiger partial charge < -0.3 is 4.74 Å². The van der Waals surface area contributed by atoms with Gasteiger partial charge in [0.05, 0.1) is 6.61 Å². The summed E-state index contributed by atoms with van der Waals surface area (Å²) in [5, 5.41) is 0. The van der Waals surface area contributed by atoms with Gasteiger partial charge in [0, 0.05) is 6.08 Å². The molecule has 0 spiro atoms. The molecule has 0 amide bonds. The first-order valence-corrected chi connectivity index (χ1v) is 4.66. The Hall–Kier alpha value is -0.790. The molecule has 2 heteroatoms. The lowest BCUT2D eigenvalue weighted by Crippen LogP contribution is -2.11. The maximum absolute atomic E-state index is 11.1. The van der Waals surface area contributed by atoms with Crippen LogP contribution in [0.25, 0.3) is 0 Å². The van der Waals surface area contributed by atoms with Crippen LogP contribution in [-0.4, -0.2) is 12.6 Å². The Kier molecular flexibility index (Phi) is 1.91. The third-order valence-corrected chi connectivity index (χ3v) is 2.87. The first-order chi connectivity index (χ1) is 5.79. The van der Waals surface area contributed by atoms with Crippen LogP contribution in [0.3, 0.4) is 0 Å². The van der Waals surface area contributed by atoms with E-state index in [1.807, 2.05) is 6.92 Å². The van der Waals surface area contributed by atoms with Crippen LogP contribution >= 0.6 is 0 Å². The lowest BCUT2D eigenvalue weighted by atomic mass is 9.84. The van der Waals surface area contributed by atoms with E-state index in [1.54, 1.807) is 6.08 Å². The molecule has 0 atom stereocenters. The Morgan fingerprint density at radius 2 is 2.42 bits per heavy atom. The van der Waals surface area contributed by atoms with Gasteiger partial charge in [0.2, 0.25) is 0 Å². The molecule has 0 aromatic carbocycles. The smallest absolute Gasteiger partial charge is 0.330 e. The van der Waals surface area contributed by atoms with Crippen molar-refractivity contribution < 1.29 is 9.53 Å². The number of esters is 1. The Morgan fingerprint density at radius 3 is 2.92 bits per heavy atom. The summed E-state index contributed by atoms with van der Waals surface area (Å²) in [5.74, 6) is 1.45. The van der Waals surface area contributed by atoms with Gasteiger partial charge in [-0.2, -0.15) is 0 Å². The Bertz CT molecular complexity index is 224. The SMILES string of the molecule is CCOC(=O)/C=C1/CC2CC1C2. The molecule has 2 nitrogen and oxygen atoms in total. The molecule has 0 heterocycles. The van der Waals surface area contributed by atoms with E-state index >= 15 is 0 Å². The zero-order valence-electron chi connectivity index (χ0n) is 7.38. The van der Waals surface area contributed by atoms with Crippen molar-refractivity contribution in [1.29, 1.82) is 0 Å². The third kappa shape index (κ3) is 1.26. The summed E-state index contributed by atoms with van der Waals surface area (Å²) in [6.45, 7) is 2.32. The predicted octanol–water partition coefficient (Wildman–Crippen LogP) is 1.91. The fraction of sp³-hybridized carbons (Fsp3) is 0.700. The highest BCUT2D eigenvalue weighted by atomic mass is 16.5. The van der Waals surface area contributed by atoms with E-state index in [0.717, 1.165) is 18.3 Å². The van der Waals surface area contributed by atoms with Gasteiger partial charge in [-0.3, -0.25) is 0 Å². The molecule has 0 radical (unpaired) electrons. The second-order valence-electron chi connectivity index (χ2n) is 3.71. The highest BCUT2D eigenvalue weighted by molar-refractivity contribution is 5.83. The second-order valence-corrected chi connectivity index (χ2v) is 3.71. The quantitative estimate of drug-likeness (QED) is 0.462. The first kappa shape index (κ1) is 7.84. The largest absolute Gasteiger partial charge is 0.463 e. The molecule has 0 aliphatic heterocycles. The molecule has 0 aromatic rings. The first-order valence-electron chi connectivity index (χ1n) is 4.66. The molecular weight excluding hydrogens is 152 g/mol. The van der Waals surface area contributed by atoms with Crippen molar-refractivity contribution >= 4 is 5.97 Å². The minimum Gasteiger partial charge on any atom is -0.463 e. The fourth-order valence-electron chi connectivity index (χ4n) is 2.22. The zero-order chi connectivity index (χ0) is 8.55. The van der Waals surface area contributed by atoms with E-state index in [2.05, 4.69) is 0 Å². The molecule has 0 saturated heterocycles. The van der Waals surface area contributed by atoms with E-state index in [-0.39, 0.29) is 5.97 Å². The van der Waals surface area contributed by atoms with E-state index < -0.39 is 0 Å². The minimum atomic E-state index is -0.153. The third-order valence-electron chi connectivity index (χ3n) is 2.87. The summed E-state index contributed by atoms with van der Waals surface area (Å²) in [6, 6.07) is 0. The number of hydrogen-bond donors (Lipinski definition) is 0. The van der Waals surface area contributed by atoms with Gasteiger partial charge >= 0.3 is 5.97 Å². The maximum atomic E-state index is 11.1. The van der Waals surface area contributed by atoms with Gasteiger partial charge in [-0.15, -0.1) is 0 Å². The molecule has 12 heavy (non-hydrogen) atoms. The molecule has 3 fully saturated rings.